The second kappa shape index (κ2) is 6.40. The van der Waals surface area contributed by atoms with Gasteiger partial charge in [0.25, 0.3) is 5.91 Å². The molecule has 0 bridgehead atoms. The Morgan fingerprint density at radius 3 is 2.83 bits per heavy atom. The third-order valence-corrected chi connectivity index (χ3v) is 4.32. The molecule has 122 valence electrons. The van der Waals surface area contributed by atoms with Gasteiger partial charge in [-0.25, -0.2) is 4.98 Å². The van der Waals surface area contributed by atoms with Crippen molar-refractivity contribution in [1.82, 2.24) is 19.7 Å². The minimum Gasteiger partial charge on any atom is -0.481 e. The molecule has 23 heavy (non-hydrogen) atoms. The zero-order valence-corrected chi connectivity index (χ0v) is 13.8. The van der Waals surface area contributed by atoms with E-state index in [2.05, 4.69) is 23.1 Å². The maximum absolute atomic E-state index is 12.8. The number of pyridine rings is 1. The van der Waals surface area contributed by atoms with Crippen LogP contribution in [0.1, 0.15) is 34.6 Å². The van der Waals surface area contributed by atoms with Gasteiger partial charge in [-0.05, 0) is 38.8 Å². The quantitative estimate of drug-likeness (QED) is 0.868. The highest BCUT2D eigenvalue weighted by molar-refractivity contribution is 5.94. The Morgan fingerprint density at radius 2 is 2.22 bits per heavy atom. The number of hydrogen-bond donors (Lipinski definition) is 0. The van der Waals surface area contributed by atoms with Gasteiger partial charge in [-0.2, -0.15) is 5.10 Å². The monoisotopic (exact) mass is 314 g/mol. The van der Waals surface area contributed by atoms with Crippen molar-refractivity contribution in [3.63, 3.8) is 0 Å². The largest absolute Gasteiger partial charge is 0.481 e. The van der Waals surface area contributed by atoms with E-state index in [1.807, 2.05) is 16.5 Å². The van der Waals surface area contributed by atoms with Crippen LogP contribution in [0, 0.1) is 13.8 Å². The summed E-state index contributed by atoms with van der Waals surface area (Å²) in [4.78, 5) is 18.8. The van der Waals surface area contributed by atoms with Crippen molar-refractivity contribution in [1.29, 1.82) is 0 Å². The van der Waals surface area contributed by atoms with Crippen LogP contribution in [0.25, 0.3) is 0 Å². The number of hydrogen-bond acceptors (Lipinski definition) is 4. The topological polar surface area (TPSA) is 60.2 Å². The van der Waals surface area contributed by atoms with Gasteiger partial charge in [0.1, 0.15) is 0 Å². The van der Waals surface area contributed by atoms with Crippen LogP contribution >= 0.6 is 0 Å². The van der Waals surface area contributed by atoms with Crippen LogP contribution in [0.2, 0.25) is 0 Å². The Balaban J connectivity index is 1.75. The van der Waals surface area contributed by atoms with E-state index in [4.69, 9.17) is 4.74 Å². The molecule has 1 saturated heterocycles. The average Bonchev–Trinajstić information content (AvgIpc) is 3.13. The van der Waals surface area contributed by atoms with Crippen LogP contribution < -0.4 is 4.74 Å². The third kappa shape index (κ3) is 3.21. The molecule has 1 aliphatic heterocycles. The van der Waals surface area contributed by atoms with Gasteiger partial charge in [0.2, 0.25) is 5.88 Å². The third-order valence-electron chi connectivity index (χ3n) is 4.32. The van der Waals surface area contributed by atoms with Crippen molar-refractivity contribution in [3.05, 3.63) is 41.3 Å². The molecule has 2 aromatic heterocycles. The van der Waals surface area contributed by atoms with E-state index in [1.165, 1.54) is 0 Å². The number of likely N-dealkylation sites (tertiary alicyclic amines) is 1. The standard InChI is InChI=1S/C17H22N4O2/c1-12-9-13(2)21(19-12)11-15-5-4-8-20(15)17(22)14-6-7-16(23-3)18-10-14/h6-7,9-10,15H,4-5,8,11H2,1-3H3. The highest BCUT2D eigenvalue weighted by atomic mass is 16.5. The lowest BCUT2D eigenvalue weighted by Crippen LogP contribution is -2.38. The maximum Gasteiger partial charge on any atom is 0.255 e. The molecule has 0 aliphatic carbocycles. The summed E-state index contributed by atoms with van der Waals surface area (Å²) in [5, 5.41) is 4.51. The van der Waals surface area contributed by atoms with Crippen LogP contribution in [0.5, 0.6) is 5.88 Å². The second-order valence-electron chi connectivity index (χ2n) is 5.99. The van der Waals surface area contributed by atoms with Crippen molar-refractivity contribution in [3.8, 4) is 5.88 Å². The number of ether oxygens (including phenoxy) is 1. The summed E-state index contributed by atoms with van der Waals surface area (Å²) in [5.74, 6) is 0.548. The van der Waals surface area contributed by atoms with Gasteiger partial charge >= 0.3 is 0 Å². The molecule has 3 rings (SSSR count). The number of aromatic nitrogens is 3. The first kappa shape index (κ1) is 15.5. The number of amides is 1. The molecule has 1 unspecified atom stereocenters. The van der Waals surface area contributed by atoms with E-state index < -0.39 is 0 Å². The molecule has 0 radical (unpaired) electrons. The minimum absolute atomic E-state index is 0.0317. The summed E-state index contributed by atoms with van der Waals surface area (Å²) in [6.45, 7) is 5.57. The van der Waals surface area contributed by atoms with Gasteiger partial charge in [-0.15, -0.1) is 0 Å². The molecule has 1 amide bonds. The summed E-state index contributed by atoms with van der Waals surface area (Å²) in [7, 11) is 1.56. The Morgan fingerprint density at radius 1 is 1.39 bits per heavy atom. The zero-order chi connectivity index (χ0) is 16.4. The lowest BCUT2D eigenvalue weighted by molar-refractivity contribution is 0.0720. The summed E-state index contributed by atoms with van der Waals surface area (Å²) < 4.78 is 7.04. The van der Waals surface area contributed by atoms with Gasteiger partial charge in [-0.3, -0.25) is 9.48 Å². The second-order valence-corrected chi connectivity index (χ2v) is 5.99. The van der Waals surface area contributed by atoms with Crippen LogP contribution in [-0.4, -0.2) is 45.3 Å². The summed E-state index contributed by atoms with van der Waals surface area (Å²) in [6, 6.07) is 5.74. The first-order chi connectivity index (χ1) is 11.1. The first-order valence-corrected chi connectivity index (χ1v) is 7.90. The molecule has 2 aromatic rings. The number of rotatable bonds is 4. The Bertz CT molecular complexity index is 693. The van der Waals surface area contributed by atoms with Crippen molar-refractivity contribution in [2.24, 2.45) is 0 Å². The average molecular weight is 314 g/mol. The molecule has 1 aliphatic rings. The lowest BCUT2D eigenvalue weighted by Gasteiger charge is -2.25. The molecule has 0 spiro atoms. The summed E-state index contributed by atoms with van der Waals surface area (Å²) in [6.07, 6.45) is 3.62. The first-order valence-electron chi connectivity index (χ1n) is 7.90. The van der Waals surface area contributed by atoms with Gasteiger partial charge in [0.05, 0.1) is 31.0 Å². The highest BCUT2D eigenvalue weighted by Crippen LogP contribution is 2.22. The van der Waals surface area contributed by atoms with Gasteiger partial charge in [0.15, 0.2) is 0 Å². The van der Waals surface area contributed by atoms with Gasteiger partial charge in [0, 0.05) is 24.5 Å². The minimum atomic E-state index is 0.0317. The molecule has 0 saturated carbocycles. The fourth-order valence-corrected chi connectivity index (χ4v) is 3.15. The lowest BCUT2D eigenvalue weighted by atomic mass is 10.2. The molecular weight excluding hydrogens is 292 g/mol. The van der Waals surface area contributed by atoms with E-state index in [1.54, 1.807) is 25.4 Å². The number of aryl methyl sites for hydroxylation is 2. The zero-order valence-electron chi connectivity index (χ0n) is 13.8. The van der Waals surface area contributed by atoms with Crippen LogP contribution in [0.4, 0.5) is 0 Å². The molecule has 1 fully saturated rings. The molecule has 1 atom stereocenters. The van der Waals surface area contributed by atoms with Crippen molar-refractivity contribution >= 4 is 5.91 Å². The Kier molecular flexibility index (Phi) is 4.32. The Hall–Kier alpha value is -2.37. The van der Waals surface area contributed by atoms with Gasteiger partial charge < -0.3 is 9.64 Å². The van der Waals surface area contributed by atoms with Gasteiger partial charge in [-0.1, -0.05) is 0 Å². The normalized spacial score (nSPS) is 17.5. The SMILES string of the molecule is COc1ccc(C(=O)N2CCCC2Cn2nc(C)cc2C)cn1. The molecule has 6 nitrogen and oxygen atoms in total. The molecule has 3 heterocycles. The molecule has 0 N–H and O–H groups in total. The van der Waals surface area contributed by atoms with E-state index in [9.17, 15) is 4.79 Å². The number of methoxy groups -OCH3 is 1. The van der Waals surface area contributed by atoms with E-state index >= 15 is 0 Å². The van der Waals surface area contributed by atoms with Crippen molar-refractivity contribution in [2.75, 3.05) is 13.7 Å². The molecule has 6 heteroatoms. The fraction of sp³-hybridized carbons (Fsp3) is 0.471. The predicted molar refractivity (Wildman–Crippen MR) is 86.5 cm³/mol. The molecular formula is C17H22N4O2. The number of carbonyl (C=O) groups is 1. The van der Waals surface area contributed by atoms with E-state index in [0.29, 0.717) is 11.4 Å². The van der Waals surface area contributed by atoms with Crippen molar-refractivity contribution in [2.45, 2.75) is 39.3 Å². The van der Waals surface area contributed by atoms with Crippen molar-refractivity contribution < 1.29 is 9.53 Å². The highest BCUT2D eigenvalue weighted by Gasteiger charge is 2.30. The van der Waals surface area contributed by atoms with Crippen LogP contribution in [0.15, 0.2) is 24.4 Å². The summed E-state index contributed by atoms with van der Waals surface area (Å²) >= 11 is 0. The van der Waals surface area contributed by atoms with Crippen LogP contribution in [0.3, 0.4) is 0 Å². The molecule has 0 aromatic carbocycles. The summed E-state index contributed by atoms with van der Waals surface area (Å²) in [5.41, 5.74) is 2.75. The fourth-order valence-electron chi connectivity index (χ4n) is 3.15. The smallest absolute Gasteiger partial charge is 0.255 e. The Labute approximate surface area is 136 Å². The number of carbonyl (C=O) groups excluding carboxylic acids is 1. The van der Waals surface area contributed by atoms with Crippen LogP contribution in [-0.2, 0) is 6.54 Å². The predicted octanol–water partition coefficient (Wildman–Crippen LogP) is 2.21. The maximum atomic E-state index is 12.8. The van der Waals surface area contributed by atoms with E-state index in [0.717, 1.165) is 37.3 Å². The number of nitrogens with zero attached hydrogens (tertiary/aromatic N) is 4. The van der Waals surface area contributed by atoms with E-state index in [-0.39, 0.29) is 11.9 Å².